The van der Waals surface area contributed by atoms with Crippen LogP contribution in [0.1, 0.15) is 79.2 Å². The molecule has 29 heavy (non-hydrogen) atoms. The van der Waals surface area contributed by atoms with Crippen LogP contribution in [0.5, 0.6) is 0 Å². The third-order valence-electron chi connectivity index (χ3n) is 4.91. The van der Waals surface area contributed by atoms with Gasteiger partial charge >= 0.3 is 6.09 Å². The van der Waals surface area contributed by atoms with Crippen LogP contribution in [0.2, 0.25) is 0 Å². The number of carbonyl (C=O) groups is 2. The summed E-state index contributed by atoms with van der Waals surface area (Å²) < 4.78 is 5.45. The van der Waals surface area contributed by atoms with E-state index in [4.69, 9.17) is 4.74 Å². The van der Waals surface area contributed by atoms with Crippen molar-refractivity contribution in [3.05, 3.63) is 70.3 Å². The molecule has 0 radical (unpaired) electrons. The summed E-state index contributed by atoms with van der Waals surface area (Å²) in [6, 6.07) is 13.6. The van der Waals surface area contributed by atoms with Gasteiger partial charge in [-0.3, -0.25) is 4.79 Å². The molecule has 1 atom stereocenters. The second kappa shape index (κ2) is 9.73. The molecule has 1 N–H and O–H groups in total. The third kappa shape index (κ3) is 6.74. The third-order valence-corrected chi connectivity index (χ3v) is 4.91. The Bertz CT molecular complexity index is 865. The molecule has 0 bridgehead atoms. The number of alkyl carbamates (subject to hydrolysis) is 1. The molecule has 0 saturated carbocycles. The summed E-state index contributed by atoms with van der Waals surface area (Å²) in [6.45, 7) is 11.6. The van der Waals surface area contributed by atoms with E-state index in [9.17, 15) is 9.59 Å². The molecule has 4 heteroatoms. The van der Waals surface area contributed by atoms with Gasteiger partial charge in [0.05, 0.1) is 6.04 Å². The van der Waals surface area contributed by atoms with E-state index in [1.807, 2.05) is 58.9 Å². The van der Waals surface area contributed by atoms with Crippen LogP contribution in [-0.2, 0) is 11.2 Å². The quantitative estimate of drug-likeness (QED) is 0.577. The standard InChI is InChI=1S/C25H33NO3/c1-7-19-12-13-20(18(3)16-19)22(26-24(28)29-25(4,5)6)14-15-23(27)21-11-9-8-10-17(21)2/h8-13,16,22H,7,14-15H2,1-6H3,(H,26,28). The van der Waals surface area contributed by atoms with Crippen LogP contribution in [0.15, 0.2) is 42.5 Å². The van der Waals surface area contributed by atoms with Crippen molar-refractivity contribution in [2.24, 2.45) is 0 Å². The minimum atomic E-state index is -0.577. The molecule has 1 amide bonds. The van der Waals surface area contributed by atoms with E-state index in [0.717, 1.165) is 28.7 Å². The molecule has 4 nitrogen and oxygen atoms in total. The van der Waals surface area contributed by atoms with Crippen molar-refractivity contribution in [3.63, 3.8) is 0 Å². The lowest BCUT2D eigenvalue weighted by atomic mass is 9.93. The first-order chi connectivity index (χ1) is 13.6. The molecule has 156 valence electrons. The zero-order valence-corrected chi connectivity index (χ0v) is 18.5. The Morgan fingerprint density at radius 2 is 1.72 bits per heavy atom. The fourth-order valence-corrected chi connectivity index (χ4v) is 3.40. The van der Waals surface area contributed by atoms with Crippen LogP contribution in [-0.4, -0.2) is 17.5 Å². The predicted molar refractivity (Wildman–Crippen MR) is 117 cm³/mol. The summed E-state index contributed by atoms with van der Waals surface area (Å²) >= 11 is 0. The zero-order valence-electron chi connectivity index (χ0n) is 18.5. The molecule has 0 fully saturated rings. The van der Waals surface area contributed by atoms with Crippen molar-refractivity contribution in [3.8, 4) is 0 Å². The van der Waals surface area contributed by atoms with E-state index in [0.29, 0.717) is 12.8 Å². The first kappa shape index (κ1) is 22.7. The summed E-state index contributed by atoms with van der Waals surface area (Å²) in [6.07, 6.45) is 1.35. The molecular formula is C25H33NO3. The Morgan fingerprint density at radius 3 is 2.31 bits per heavy atom. The van der Waals surface area contributed by atoms with Crippen molar-refractivity contribution < 1.29 is 14.3 Å². The molecule has 0 aliphatic carbocycles. The molecule has 0 aromatic heterocycles. The van der Waals surface area contributed by atoms with Gasteiger partial charge < -0.3 is 10.1 Å². The molecule has 0 heterocycles. The van der Waals surface area contributed by atoms with E-state index in [1.165, 1.54) is 5.56 Å². The van der Waals surface area contributed by atoms with Gasteiger partial charge in [-0.05, 0) is 69.7 Å². The van der Waals surface area contributed by atoms with Crippen molar-refractivity contribution in [1.82, 2.24) is 5.32 Å². The number of hydrogen-bond acceptors (Lipinski definition) is 3. The fourth-order valence-electron chi connectivity index (χ4n) is 3.40. The minimum Gasteiger partial charge on any atom is -0.444 e. The number of ketones is 1. The lowest BCUT2D eigenvalue weighted by Crippen LogP contribution is -2.35. The maximum atomic E-state index is 12.8. The maximum absolute atomic E-state index is 12.8. The van der Waals surface area contributed by atoms with E-state index in [1.54, 1.807) is 0 Å². The molecule has 0 spiro atoms. The van der Waals surface area contributed by atoms with Gasteiger partial charge in [-0.25, -0.2) is 4.79 Å². The fraction of sp³-hybridized carbons (Fsp3) is 0.440. The Kier molecular flexibility index (Phi) is 7.60. The smallest absolute Gasteiger partial charge is 0.408 e. The van der Waals surface area contributed by atoms with E-state index < -0.39 is 11.7 Å². The van der Waals surface area contributed by atoms with E-state index in [2.05, 4.69) is 30.4 Å². The topological polar surface area (TPSA) is 55.4 Å². The molecule has 2 aromatic carbocycles. The van der Waals surface area contributed by atoms with Crippen molar-refractivity contribution >= 4 is 11.9 Å². The van der Waals surface area contributed by atoms with Crippen molar-refractivity contribution in [1.29, 1.82) is 0 Å². The second-order valence-corrected chi connectivity index (χ2v) is 8.52. The Balaban J connectivity index is 2.21. The van der Waals surface area contributed by atoms with Crippen LogP contribution in [0.4, 0.5) is 4.79 Å². The number of ether oxygens (including phenoxy) is 1. The first-order valence-corrected chi connectivity index (χ1v) is 10.3. The van der Waals surface area contributed by atoms with Crippen LogP contribution < -0.4 is 5.32 Å². The van der Waals surface area contributed by atoms with Crippen molar-refractivity contribution in [2.45, 2.75) is 72.4 Å². The van der Waals surface area contributed by atoms with Gasteiger partial charge in [0.1, 0.15) is 5.60 Å². The monoisotopic (exact) mass is 395 g/mol. The summed E-state index contributed by atoms with van der Waals surface area (Å²) in [5.74, 6) is 0.0851. The van der Waals surface area contributed by atoms with Crippen LogP contribution in [0.3, 0.4) is 0 Å². The van der Waals surface area contributed by atoms with E-state index >= 15 is 0 Å². The average Bonchev–Trinajstić information content (AvgIpc) is 2.63. The van der Waals surface area contributed by atoms with Gasteiger partial charge in [-0.15, -0.1) is 0 Å². The molecular weight excluding hydrogens is 362 g/mol. The highest BCUT2D eigenvalue weighted by Crippen LogP contribution is 2.25. The predicted octanol–water partition coefficient (Wildman–Crippen LogP) is 6.09. The first-order valence-electron chi connectivity index (χ1n) is 10.3. The lowest BCUT2D eigenvalue weighted by Gasteiger charge is -2.25. The van der Waals surface area contributed by atoms with Gasteiger partial charge in [-0.1, -0.05) is 49.4 Å². The lowest BCUT2D eigenvalue weighted by molar-refractivity contribution is 0.0498. The molecule has 0 saturated heterocycles. The number of Topliss-reactive ketones (excluding diaryl/α,β-unsaturated/α-hetero) is 1. The zero-order chi connectivity index (χ0) is 21.6. The van der Waals surface area contributed by atoms with Crippen LogP contribution in [0, 0.1) is 13.8 Å². The van der Waals surface area contributed by atoms with Gasteiger partial charge in [0.15, 0.2) is 5.78 Å². The highest BCUT2D eigenvalue weighted by Gasteiger charge is 2.23. The highest BCUT2D eigenvalue weighted by atomic mass is 16.6. The summed E-state index contributed by atoms with van der Waals surface area (Å²) in [4.78, 5) is 25.2. The number of benzene rings is 2. The molecule has 0 aliphatic heterocycles. The summed E-state index contributed by atoms with van der Waals surface area (Å²) in [5.41, 5.74) is 4.50. The summed E-state index contributed by atoms with van der Waals surface area (Å²) in [5, 5.41) is 2.98. The van der Waals surface area contributed by atoms with E-state index in [-0.39, 0.29) is 11.8 Å². The maximum Gasteiger partial charge on any atom is 0.408 e. The van der Waals surface area contributed by atoms with Gasteiger partial charge in [0.25, 0.3) is 0 Å². The Hall–Kier alpha value is -2.62. The second-order valence-electron chi connectivity index (χ2n) is 8.52. The average molecular weight is 396 g/mol. The molecule has 2 aromatic rings. The number of nitrogens with one attached hydrogen (secondary N) is 1. The Morgan fingerprint density at radius 1 is 1.03 bits per heavy atom. The number of hydrogen-bond donors (Lipinski definition) is 1. The van der Waals surface area contributed by atoms with Gasteiger partial charge in [0, 0.05) is 12.0 Å². The normalized spacial score (nSPS) is 12.3. The van der Waals surface area contributed by atoms with Crippen molar-refractivity contribution in [2.75, 3.05) is 0 Å². The van der Waals surface area contributed by atoms with Crippen LogP contribution >= 0.6 is 0 Å². The van der Waals surface area contributed by atoms with Gasteiger partial charge in [-0.2, -0.15) is 0 Å². The van der Waals surface area contributed by atoms with Gasteiger partial charge in [0.2, 0.25) is 0 Å². The molecule has 2 rings (SSSR count). The SMILES string of the molecule is CCc1ccc(C(CCC(=O)c2ccccc2C)NC(=O)OC(C)(C)C)c(C)c1. The number of rotatable bonds is 7. The van der Waals surface area contributed by atoms with Crippen LogP contribution in [0.25, 0.3) is 0 Å². The highest BCUT2D eigenvalue weighted by molar-refractivity contribution is 5.97. The minimum absolute atomic E-state index is 0.0851. The number of carbonyl (C=O) groups excluding carboxylic acids is 2. The molecule has 0 aliphatic rings. The number of amides is 1. The Labute approximate surface area is 174 Å². The summed E-state index contributed by atoms with van der Waals surface area (Å²) in [7, 11) is 0. The number of aryl methyl sites for hydroxylation is 3. The largest absolute Gasteiger partial charge is 0.444 e. The molecule has 1 unspecified atom stereocenters.